The molecule has 0 spiro atoms. The molecule has 1 aliphatic heterocycles. The van der Waals surface area contributed by atoms with E-state index in [9.17, 15) is 9.59 Å². The van der Waals surface area contributed by atoms with Crippen molar-refractivity contribution in [3.63, 3.8) is 0 Å². The lowest BCUT2D eigenvalue weighted by Crippen LogP contribution is -2.34. The van der Waals surface area contributed by atoms with Crippen molar-refractivity contribution in [2.45, 2.75) is 32.7 Å². The zero-order valence-corrected chi connectivity index (χ0v) is 14.7. The zero-order valence-electron chi connectivity index (χ0n) is 14.7. The van der Waals surface area contributed by atoms with E-state index in [0.29, 0.717) is 25.6 Å². The van der Waals surface area contributed by atoms with Crippen molar-refractivity contribution in [3.8, 4) is 0 Å². The minimum absolute atomic E-state index is 0.00988. The van der Waals surface area contributed by atoms with Crippen molar-refractivity contribution >= 4 is 17.5 Å². The first kappa shape index (κ1) is 17.2. The van der Waals surface area contributed by atoms with E-state index < -0.39 is 0 Å². The number of benzene rings is 1. The standard InChI is InChI=1S/C19H24N4O2/c1-14(2)15-4-3-5-17(10-15)23-12-16(11-18(23)24)19(25)21-7-9-22-8-6-20-13-22/h3-6,8,10,13-14,16H,7,9,11-12H2,1-2H3,(H,21,25)/t16-/m1/s1. The van der Waals surface area contributed by atoms with Gasteiger partial charge in [0.2, 0.25) is 11.8 Å². The molecule has 1 atom stereocenters. The lowest BCUT2D eigenvalue weighted by Gasteiger charge is -2.18. The Morgan fingerprint density at radius 2 is 2.24 bits per heavy atom. The number of hydrogen-bond acceptors (Lipinski definition) is 3. The summed E-state index contributed by atoms with van der Waals surface area (Å²) in [5.74, 6) is 0.0598. The Bertz CT molecular complexity index is 740. The van der Waals surface area contributed by atoms with Crippen LogP contribution in [0.1, 0.15) is 31.7 Å². The predicted octanol–water partition coefficient (Wildman–Crippen LogP) is 2.18. The first-order chi connectivity index (χ1) is 12.0. The smallest absolute Gasteiger partial charge is 0.227 e. The molecular formula is C19H24N4O2. The molecule has 1 fully saturated rings. The lowest BCUT2D eigenvalue weighted by atomic mass is 10.0. The average molecular weight is 340 g/mol. The number of hydrogen-bond donors (Lipinski definition) is 1. The zero-order chi connectivity index (χ0) is 17.8. The van der Waals surface area contributed by atoms with E-state index in [1.807, 2.05) is 29.0 Å². The predicted molar refractivity (Wildman–Crippen MR) is 96.2 cm³/mol. The Balaban J connectivity index is 1.58. The number of carbonyl (C=O) groups excluding carboxylic acids is 2. The van der Waals surface area contributed by atoms with Crippen LogP contribution in [0.15, 0.2) is 43.0 Å². The number of aromatic nitrogens is 2. The highest BCUT2D eigenvalue weighted by Crippen LogP contribution is 2.27. The molecule has 2 heterocycles. The monoisotopic (exact) mass is 340 g/mol. The van der Waals surface area contributed by atoms with E-state index in [-0.39, 0.29) is 24.2 Å². The summed E-state index contributed by atoms with van der Waals surface area (Å²) in [6, 6.07) is 8.01. The maximum absolute atomic E-state index is 12.4. The van der Waals surface area contributed by atoms with Crippen molar-refractivity contribution in [1.82, 2.24) is 14.9 Å². The molecule has 25 heavy (non-hydrogen) atoms. The minimum atomic E-state index is -0.294. The molecule has 1 aromatic heterocycles. The molecule has 0 unspecified atom stereocenters. The first-order valence-electron chi connectivity index (χ1n) is 8.68. The Morgan fingerprint density at radius 1 is 1.40 bits per heavy atom. The van der Waals surface area contributed by atoms with E-state index in [1.54, 1.807) is 17.4 Å². The van der Waals surface area contributed by atoms with Gasteiger partial charge in [0.05, 0.1) is 12.2 Å². The van der Waals surface area contributed by atoms with Crippen molar-refractivity contribution in [2.75, 3.05) is 18.0 Å². The van der Waals surface area contributed by atoms with Gasteiger partial charge in [-0.05, 0) is 23.6 Å². The van der Waals surface area contributed by atoms with Crippen molar-refractivity contribution < 1.29 is 9.59 Å². The SMILES string of the molecule is CC(C)c1cccc(N2C[C@H](C(=O)NCCn3ccnc3)CC2=O)c1. The topological polar surface area (TPSA) is 67.2 Å². The third-order valence-electron chi connectivity index (χ3n) is 4.57. The summed E-state index contributed by atoms with van der Waals surface area (Å²) in [7, 11) is 0. The summed E-state index contributed by atoms with van der Waals surface area (Å²) in [4.78, 5) is 30.4. The van der Waals surface area contributed by atoms with Crippen molar-refractivity contribution in [3.05, 3.63) is 48.5 Å². The molecular weight excluding hydrogens is 316 g/mol. The molecule has 0 saturated carbocycles. The van der Waals surface area contributed by atoms with E-state index >= 15 is 0 Å². The third-order valence-corrected chi connectivity index (χ3v) is 4.57. The van der Waals surface area contributed by atoms with Crippen LogP contribution in [-0.2, 0) is 16.1 Å². The Hall–Kier alpha value is -2.63. The third kappa shape index (κ3) is 4.07. The van der Waals surface area contributed by atoms with E-state index in [2.05, 4.69) is 30.2 Å². The molecule has 1 aliphatic rings. The lowest BCUT2D eigenvalue weighted by molar-refractivity contribution is -0.126. The van der Waals surface area contributed by atoms with Crippen LogP contribution in [0.25, 0.3) is 0 Å². The molecule has 6 heteroatoms. The van der Waals surface area contributed by atoms with Crippen LogP contribution < -0.4 is 10.2 Å². The van der Waals surface area contributed by atoms with Gasteiger partial charge < -0.3 is 14.8 Å². The highest BCUT2D eigenvalue weighted by atomic mass is 16.2. The fourth-order valence-electron chi connectivity index (χ4n) is 3.06. The number of nitrogens with zero attached hydrogens (tertiary/aromatic N) is 3. The van der Waals surface area contributed by atoms with Crippen molar-refractivity contribution in [2.24, 2.45) is 5.92 Å². The molecule has 2 amide bonds. The number of amides is 2. The number of imidazole rings is 1. The Kier molecular flexibility index (Phi) is 5.16. The summed E-state index contributed by atoms with van der Waals surface area (Å²) >= 11 is 0. The highest BCUT2D eigenvalue weighted by Gasteiger charge is 2.35. The van der Waals surface area contributed by atoms with Gasteiger partial charge in [0.15, 0.2) is 0 Å². The minimum Gasteiger partial charge on any atom is -0.354 e. The molecule has 1 saturated heterocycles. The van der Waals surface area contributed by atoms with Crippen molar-refractivity contribution in [1.29, 1.82) is 0 Å². The summed E-state index contributed by atoms with van der Waals surface area (Å²) < 4.78 is 1.91. The van der Waals surface area contributed by atoms with Gasteiger partial charge in [0.25, 0.3) is 0 Å². The summed E-state index contributed by atoms with van der Waals surface area (Å²) in [5, 5.41) is 2.92. The molecule has 3 rings (SSSR count). The van der Waals surface area contributed by atoms with Gasteiger partial charge in [-0.1, -0.05) is 26.0 Å². The van der Waals surface area contributed by atoms with E-state index in [4.69, 9.17) is 0 Å². The molecule has 0 radical (unpaired) electrons. The number of rotatable bonds is 6. The number of anilines is 1. The maximum Gasteiger partial charge on any atom is 0.227 e. The normalized spacial score (nSPS) is 17.3. The Labute approximate surface area is 147 Å². The van der Waals surface area contributed by atoms with Gasteiger partial charge in [-0.25, -0.2) is 4.98 Å². The van der Waals surface area contributed by atoms with Gasteiger partial charge in [-0.3, -0.25) is 9.59 Å². The van der Waals surface area contributed by atoms with Crippen LogP contribution in [0.5, 0.6) is 0 Å². The largest absolute Gasteiger partial charge is 0.354 e. The van der Waals surface area contributed by atoms with Crippen LogP contribution >= 0.6 is 0 Å². The summed E-state index contributed by atoms with van der Waals surface area (Å²) in [5.41, 5.74) is 2.07. The molecule has 1 N–H and O–H groups in total. The van der Waals surface area contributed by atoms with E-state index in [0.717, 1.165) is 5.69 Å². The second kappa shape index (κ2) is 7.51. The van der Waals surface area contributed by atoms with Crippen LogP contribution in [0.3, 0.4) is 0 Å². The second-order valence-electron chi connectivity index (χ2n) is 6.75. The van der Waals surface area contributed by atoms with Gasteiger partial charge >= 0.3 is 0 Å². The van der Waals surface area contributed by atoms with Gasteiger partial charge in [0.1, 0.15) is 0 Å². The van der Waals surface area contributed by atoms with E-state index in [1.165, 1.54) is 5.56 Å². The van der Waals surface area contributed by atoms with Gasteiger partial charge in [-0.2, -0.15) is 0 Å². The molecule has 0 bridgehead atoms. The van der Waals surface area contributed by atoms with Gasteiger partial charge in [-0.15, -0.1) is 0 Å². The van der Waals surface area contributed by atoms with Crippen LogP contribution in [0.2, 0.25) is 0 Å². The van der Waals surface area contributed by atoms with Crippen LogP contribution in [-0.4, -0.2) is 34.5 Å². The summed E-state index contributed by atoms with van der Waals surface area (Å²) in [6.45, 7) is 5.90. The Morgan fingerprint density at radius 3 is 2.96 bits per heavy atom. The molecule has 132 valence electrons. The maximum atomic E-state index is 12.4. The van der Waals surface area contributed by atoms with Crippen LogP contribution in [0, 0.1) is 5.92 Å². The fraction of sp³-hybridized carbons (Fsp3) is 0.421. The summed E-state index contributed by atoms with van der Waals surface area (Å²) in [6.07, 6.45) is 5.55. The quantitative estimate of drug-likeness (QED) is 0.876. The first-order valence-corrected chi connectivity index (χ1v) is 8.68. The highest BCUT2D eigenvalue weighted by molar-refractivity contribution is 6.00. The molecule has 6 nitrogen and oxygen atoms in total. The average Bonchev–Trinajstić information content (AvgIpc) is 3.24. The second-order valence-corrected chi connectivity index (χ2v) is 6.75. The number of nitrogens with one attached hydrogen (secondary N) is 1. The van der Waals surface area contributed by atoms with Crippen LogP contribution in [0.4, 0.5) is 5.69 Å². The molecule has 2 aromatic rings. The van der Waals surface area contributed by atoms with Gasteiger partial charge in [0, 0.05) is 44.1 Å². The number of carbonyl (C=O) groups is 2. The fourth-order valence-corrected chi connectivity index (χ4v) is 3.06. The molecule has 1 aromatic carbocycles. The molecule has 0 aliphatic carbocycles.